The lowest BCUT2D eigenvalue weighted by molar-refractivity contribution is 0.0697. The number of nitrogens with one attached hydrogen (secondary N) is 1. The Labute approximate surface area is 148 Å². The number of carbonyl (C=O) groups is 1. The second-order valence-electron chi connectivity index (χ2n) is 5.96. The fraction of sp³-hybridized carbons (Fsp3) is 0.278. The molecule has 0 aliphatic heterocycles. The number of hydrogen-bond donors (Lipinski definition) is 2. The Morgan fingerprint density at radius 3 is 2.36 bits per heavy atom. The van der Waals surface area contributed by atoms with Crippen LogP contribution in [-0.4, -0.2) is 37.9 Å². The molecule has 134 valence electrons. The molecule has 0 aromatic heterocycles. The van der Waals surface area contributed by atoms with Gasteiger partial charge in [-0.25, -0.2) is 17.5 Å². The summed E-state index contributed by atoms with van der Waals surface area (Å²) in [5, 5.41) is 12.2. The maximum Gasteiger partial charge on any atom is 0.335 e. The molecule has 0 aliphatic rings. The predicted octanol–water partition coefficient (Wildman–Crippen LogP) is 2.49. The van der Waals surface area contributed by atoms with Gasteiger partial charge in [0.15, 0.2) is 0 Å². The van der Waals surface area contributed by atoms with E-state index in [4.69, 9.17) is 5.11 Å². The molecule has 2 aromatic rings. The molecule has 0 heterocycles. The van der Waals surface area contributed by atoms with Crippen LogP contribution in [-0.2, 0) is 16.6 Å². The fourth-order valence-electron chi connectivity index (χ4n) is 2.31. The summed E-state index contributed by atoms with van der Waals surface area (Å²) in [5.41, 5.74) is 2.07. The smallest absolute Gasteiger partial charge is 0.335 e. The van der Waals surface area contributed by atoms with Gasteiger partial charge in [-0.1, -0.05) is 24.3 Å². The van der Waals surface area contributed by atoms with E-state index in [0.717, 1.165) is 11.1 Å². The van der Waals surface area contributed by atoms with E-state index in [0.29, 0.717) is 6.54 Å². The third-order valence-corrected chi connectivity index (χ3v) is 5.76. The Bertz CT molecular complexity index is 846. The molecule has 0 radical (unpaired) electrons. The molecule has 0 saturated heterocycles. The molecule has 1 unspecified atom stereocenters. The topological polar surface area (TPSA) is 86.7 Å². The molecule has 2 N–H and O–H groups in total. The quantitative estimate of drug-likeness (QED) is 0.790. The van der Waals surface area contributed by atoms with E-state index in [1.54, 1.807) is 42.5 Å². The summed E-state index contributed by atoms with van der Waals surface area (Å²) in [4.78, 5) is 11.1. The first-order valence-electron chi connectivity index (χ1n) is 7.80. The minimum absolute atomic E-state index is 0.0588. The number of aromatic carboxylic acids is 1. The van der Waals surface area contributed by atoms with E-state index in [9.17, 15) is 13.2 Å². The number of carboxylic acids is 1. The van der Waals surface area contributed by atoms with Crippen molar-refractivity contribution in [1.29, 1.82) is 0 Å². The standard InChI is InChI=1S/C18H22N2O4S/c1-13(19-12-14-7-9-15(10-8-14)18(21)22)16-5-4-6-17(11-16)25(23,24)20(2)3/h4-11,13,19H,12H2,1-3H3,(H,21,22). The third kappa shape index (κ3) is 4.66. The van der Waals surface area contributed by atoms with Crippen molar-refractivity contribution in [2.45, 2.75) is 24.4 Å². The summed E-state index contributed by atoms with van der Waals surface area (Å²) in [6.45, 7) is 2.50. The van der Waals surface area contributed by atoms with Crippen molar-refractivity contribution in [3.63, 3.8) is 0 Å². The van der Waals surface area contributed by atoms with Gasteiger partial charge in [-0.15, -0.1) is 0 Å². The van der Waals surface area contributed by atoms with Gasteiger partial charge in [0, 0.05) is 26.7 Å². The van der Waals surface area contributed by atoms with Crippen LogP contribution in [0.25, 0.3) is 0 Å². The molecule has 2 aromatic carbocycles. The Balaban J connectivity index is 2.08. The van der Waals surface area contributed by atoms with Crippen molar-refractivity contribution in [2.24, 2.45) is 0 Å². The van der Waals surface area contributed by atoms with E-state index in [1.807, 2.05) is 13.0 Å². The van der Waals surface area contributed by atoms with Crippen LogP contribution in [0.5, 0.6) is 0 Å². The van der Waals surface area contributed by atoms with Crippen LogP contribution in [0.3, 0.4) is 0 Å². The Hall–Kier alpha value is -2.22. The van der Waals surface area contributed by atoms with Gasteiger partial charge in [0.1, 0.15) is 0 Å². The summed E-state index contributed by atoms with van der Waals surface area (Å²) in [6.07, 6.45) is 0. The molecular formula is C18H22N2O4S. The first kappa shape index (κ1) is 19.1. The van der Waals surface area contributed by atoms with Crippen molar-refractivity contribution in [3.8, 4) is 0 Å². The highest BCUT2D eigenvalue weighted by Crippen LogP contribution is 2.20. The number of nitrogens with zero attached hydrogens (tertiary/aromatic N) is 1. The van der Waals surface area contributed by atoms with Gasteiger partial charge >= 0.3 is 5.97 Å². The molecule has 0 aliphatic carbocycles. The summed E-state index contributed by atoms with van der Waals surface area (Å²) in [7, 11) is -0.454. The number of rotatable bonds is 7. The Morgan fingerprint density at radius 2 is 1.80 bits per heavy atom. The number of hydrogen-bond acceptors (Lipinski definition) is 4. The highest BCUT2D eigenvalue weighted by molar-refractivity contribution is 7.89. The third-order valence-electron chi connectivity index (χ3n) is 3.95. The zero-order valence-corrected chi connectivity index (χ0v) is 15.2. The van der Waals surface area contributed by atoms with Crippen LogP contribution >= 0.6 is 0 Å². The van der Waals surface area contributed by atoms with Gasteiger partial charge in [0.25, 0.3) is 0 Å². The Morgan fingerprint density at radius 1 is 1.16 bits per heavy atom. The molecule has 7 heteroatoms. The van der Waals surface area contributed by atoms with Gasteiger partial charge in [0.2, 0.25) is 10.0 Å². The van der Waals surface area contributed by atoms with E-state index in [2.05, 4.69) is 5.32 Å². The van der Waals surface area contributed by atoms with Crippen LogP contribution in [0.4, 0.5) is 0 Å². The monoisotopic (exact) mass is 362 g/mol. The van der Waals surface area contributed by atoms with Gasteiger partial charge in [-0.3, -0.25) is 0 Å². The van der Waals surface area contributed by atoms with Gasteiger partial charge in [-0.2, -0.15) is 0 Å². The van der Waals surface area contributed by atoms with Crippen molar-refractivity contribution < 1.29 is 18.3 Å². The summed E-state index contributed by atoms with van der Waals surface area (Å²) < 4.78 is 25.6. The highest BCUT2D eigenvalue weighted by atomic mass is 32.2. The molecule has 25 heavy (non-hydrogen) atoms. The molecule has 0 fully saturated rings. The van der Waals surface area contributed by atoms with Crippen LogP contribution in [0, 0.1) is 0 Å². The maximum atomic E-state index is 12.2. The first-order chi connectivity index (χ1) is 11.7. The second-order valence-corrected chi connectivity index (χ2v) is 8.12. The molecular weight excluding hydrogens is 340 g/mol. The molecule has 0 bridgehead atoms. The highest BCUT2D eigenvalue weighted by Gasteiger charge is 2.18. The molecule has 0 saturated carbocycles. The van der Waals surface area contributed by atoms with E-state index in [1.165, 1.54) is 18.4 Å². The average molecular weight is 362 g/mol. The SMILES string of the molecule is CC(NCc1ccc(C(=O)O)cc1)c1cccc(S(=O)(=O)N(C)C)c1. The molecule has 0 spiro atoms. The summed E-state index contributed by atoms with van der Waals surface area (Å²) >= 11 is 0. The number of sulfonamides is 1. The zero-order chi connectivity index (χ0) is 18.6. The summed E-state index contributed by atoms with van der Waals surface area (Å²) in [5.74, 6) is -0.952. The first-order valence-corrected chi connectivity index (χ1v) is 9.24. The van der Waals surface area contributed by atoms with Crippen LogP contribution in [0.1, 0.15) is 34.5 Å². The largest absolute Gasteiger partial charge is 0.478 e. The normalized spacial score (nSPS) is 13.0. The number of carboxylic acid groups (broad SMARTS) is 1. The van der Waals surface area contributed by atoms with E-state index in [-0.39, 0.29) is 16.5 Å². The summed E-state index contributed by atoms with van der Waals surface area (Å²) in [6, 6.07) is 13.4. The van der Waals surface area contributed by atoms with Gasteiger partial charge < -0.3 is 10.4 Å². The molecule has 2 rings (SSSR count). The molecule has 0 amide bonds. The number of benzene rings is 2. The molecule has 1 atom stereocenters. The van der Waals surface area contributed by atoms with Crippen LogP contribution < -0.4 is 5.32 Å². The lowest BCUT2D eigenvalue weighted by Crippen LogP contribution is -2.23. The lowest BCUT2D eigenvalue weighted by atomic mass is 10.1. The van der Waals surface area contributed by atoms with Crippen molar-refractivity contribution >= 4 is 16.0 Å². The van der Waals surface area contributed by atoms with Gasteiger partial charge in [-0.05, 0) is 42.3 Å². The van der Waals surface area contributed by atoms with E-state index < -0.39 is 16.0 Å². The van der Waals surface area contributed by atoms with Crippen molar-refractivity contribution in [1.82, 2.24) is 9.62 Å². The zero-order valence-electron chi connectivity index (χ0n) is 14.4. The fourth-order valence-corrected chi connectivity index (χ4v) is 3.27. The lowest BCUT2D eigenvalue weighted by Gasteiger charge is -2.17. The average Bonchev–Trinajstić information content (AvgIpc) is 2.60. The van der Waals surface area contributed by atoms with Crippen LogP contribution in [0.15, 0.2) is 53.4 Å². The van der Waals surface area contributed by atoms with E-state index >= 15 is 0 Å². The Kier molecular flexibility index (Phi) is 5.94. The maximum absolute atomic E-state index is 12.2. The van der Waals surface area contributed by atoms with Crippen LogP contribution in [0.2, 0.25) is 0 Å². The predicted molar refractivity (Wildman–Crippen MR) is 96.0 cm³/mol. The second kappa shape index (κ2) is 7.77. The minimum atomic E-state index is -3.46. The molecule has 6 nitrogen and oxygen atoms in total. The minimum Gasteiger partial charge on any atom is -0.478 e. The van der Waals surface area contributed by atoms with Gasteiger partial charge in [0.05, 0.1) is 10.5 Å². The van der Waals surface area contributed by atoms with Crippen molar-refractivity contribution in [2.75, 3.05) is 14.1 Å². The van der Waals surface area contributed by atoms with Crippen molar-refractivity contribution in [3.05, 3.63) is 65.2 Å².